The van der Waals surface area contributed by atoms with Crippen LogP contribution in [0.1, 0.15) is 29.4 Å². The highest BCUT2D eigenvalue weighted by molar-refractivity contribution is 5.93. The molecule has 0 bridgehead atoms. The number of β-amino-alcohol motifs (C(OH)–C–C–N with tert-alkyl or cyclic N) is 1. The molecule has 0 unspecified atom stereocenters. The molecule has 2 atom stereocenters. The number of benzene rings is 1. The van der Waals surface area contributed by atoms with Crippen molar-refractivity contribution in [3.8, 4) is 11.3 Å². The number of aromatic amines is 1. The van der Waals surface area contributed by atoms with Gasteiger partial charge in [0.05, 0.1) is 17.8 Å². The van der Waals surface area contributed by atoms with Crippen LogP contribution in [0, 0.1) is 0 Å². The number of hydrogen-bond donors (Lipinski definition) is 4. The van der Waals surface area contributed by atoms with E-state index in [4.69, 9.17) is 0 Å². The van der Waals surface area contributed by atoms with E-state index in [1.807, 2.05) is 12.1 Å². The molecule has 4 N–H and O–H groups in total. The van der Waals surface area contributed by atoms with Gasteiger partial charge in [-0.25, -0.2) is 0 Å². The van der Waals surface area contributed by atoms with Gasteiger partial charge in [0.15, 0.2) is 0 Å². The number of halogens is 1. The van der Waals surface area contributed by atoms with Crippen molar-refractivity contribution in [2.24, 2.45) is 0 Å². The number of carbonyl (C=O) groups excluding carboxylic acids is 1. The SMILES string of the molecule is CCc1ccc(-c2cc(C(=O)N[C@@H]3CCNC[C@H]3O)[nH]n2)cc1.Cl. The highest BCUT2D eigenvalue weighted by Crippen LogP contribution is 2.19. The van der Waals surface area contributed by atoms with Gasteiger partial charge >= 0.3 is 0 Å². The Morgan fingerprint density at radius 2 is 2.12 bits per heavy atom. The van der Waals surface area contributed by atoms with Gasteiger partial charge in [0.25, 0.3) is 5.91 Å². The third-order valence-corrected chi connectivity index (χ3v) is 4.25. The number of aryl methyl sites for hydroxylation is 1. The molecule has 0 radical (unpaired) electrons. The van der Waals surface area contributed by atoms with Crippen molar-refractivity contribution in [2.75, 3.05) is 13.1 Å². The number of aromatic nitrogens is 2. The Labute approximate surface area is 147 Å². The molecule has 130 valence electrons. The molecular weight excluding hydrogens is 328 g/mol. The first-order valence-corrected chi connectivity index (χ1v) is 8.01. The Kier molecular flexibility index (Phi) is 6.36. The molecular formula is C17H23ClN4O2. The van der Waals surface area contributed by atoms with Gasteiger partial charge in [-0.15, -0.1) is 12.4 Å². The van der Waals surface area contributed by atoms with Crippen LogP contribution in [0.15, 0.2) is 30.3 Å². The Bertz CT molecular complexity index is 671. The van der Waals surface area contributed by atoms with Gasteiger partial charge < -0.3 is 15.7 Å². The fourth-order valence-electron chi connectivity index (χ4n) is 2.75. The minimum atomic E-state index is -0.559. The van der Waals surface area contributed by atoms with Gasteiger partial charge in [-0.05, 0) is 31.0 Å². The molecule has 24 heavy (non-hydrogen) atoms. The number of aliphatic hydroxyl groups excluding tert-OH is 1. The normalized spacial score (nSPS) is 20.2. The first kappa shape index (κ1) is 18.4. The topological polar surface area (TPSA) is 90.0 Å². The maximum atomic E-state index is 12.3. The smallest absolute Gasteiger partial charge is 0.269 e. The van der Waals surface area contributed by atoms with Crippen molar-refractivity contribution in [3.63, 3.8) is 0 Å². The maximum Gasteiger partial charge on any atom is 0.269 e. The molecule has 2 heterocycles. The summed E-state index contributed by atoms with van der Waals surface area (Å²) in [6, 6.07) is 9.66. The highest BCUT2D eigenvalue weighted by Gasteiger charge is 2.25. The zero-order valence-corrected chi connectivity index (χ0v) is 14.4. The van der Waals surface area contributed by atoms with E-state index in [1.165, 1.54) is 5.56 Å². The van der Waals surface area contributed by atoms with Crippen molar-refractivity contribution in [1.29, 1.82) is 0 Å². The molecule has 0 saturated carbocycles. The summed E-state index contributed by atoms with van der Waals surface area (Å²) < 4.78 is 0. The Hall–Kier alpha value is -1.89. The molecule has 1 aliphatic rings. The first-order chi connectivity index (χ1) is 11.2. The number of piperidine rings is 1. The Morgan fingerprint density at radius 3 is 2.79 bits per heavy atom. The van der Waals surface area contributed by atoms with Crippen molar-refractivity contribution in [2.45, 2.75) is 31.9 Å². The van der Waals surface area contributed by atoms with Gasteiger partial charge in [-0.3, -0.25) is 9.89 Å². The number of rotatable bonds is 4. The lowest BCUT2D eigenvalue weighted by molar-refractivity contribution is 0.0761. The number of aliphatic hydroxyl groups is 1. The Balaban J connectivity index is 0.00000208. The van der Waals surface area contributed by atoms with E-state index in [-0.39, 0.29) is 24.4 Å². The molecule has 1 fully saturated rings. The van der Waals surface area contributed by atoms with Crippen LogP contribution in [-0.4, -0.2) is 46.4 Å². The Morgan fingerprint density at radius 1 is 1.38 bits per heavy atom. The molecule has 1 aromatic heterocycles. The summed E-state index contributed by atoms with van der Waals surface area (Å²) in [5, 5.41) is 22.8. The summed E-state index contributed by atoms with van der Waals surface area (Å²) in [4.78, 5) is 12.3. The highest BCUT2D eigenvalue weighted by atomic mass is 35.5. The van der Waals surface area contributed by atoms with Crippen LogP contribution in [0.2, 0.25) is 0 Å². The molecule has 0 spiro atoms. The van der Waals surface area contributed by atoms with E-state index in [2.05, 4.69) is 39.9 Å². The number of hydrogen-bond acceptors (Lipinski definition) is 4. The van der Waals surface area contributed by atoms with Crippen molar-refractivity contribution >= 4 is 18.3 Å². The van der Waals surface area contributed by atoms with Gasteiger partial charge in [-0.2, -0.15) is 5.10 Å². The number of carbonyl (C=O) groups is 1. The largest absolute Gasteiger partial charge is 0.390 e. The van der Waals surface area contributed by atoms with Crippen LogP contribution in [0.5, 0.6) is 0 Å². The lowest BCUT2D eigenvalue weighted by Gasteiger charge is -2.28. The second-order valence-corrected chi connectivity index (χ2v) is 5.86. The lowest BCUT2D eigenvalue weighted by Crippen LogP contribution is -2.52. The van der Waals surface area contributed by atoms with Crippen molar-refractivity contribution in [1.82, 2.24) is 20.8 Å². The average Bonchev–Trinajstić information content (AvgIpc) is 3.07. The summed E-state index contributed by atoms with van der Waals surface area (Å²) in [5.41, 5.74) is 3.38. The van der Waals surface area contributed by atoms with E-state index in [9.17, 15) is 9.90 Å². The number of nitrogens with one attached hydrogen (secondary N) is 3. The van der Waals surface area contributed by atoms with E-state index in [0.29, 0.717) is 18.7 Å². The van der Waals surface area contributed by atoms with Crippen LogP contribution >= 0.6 is 12.4 Å². The third kappa shape index (κ3) is 4.14. The molecule has 1 aliphatic heterocycles. The fourth-order valence-corrected chi connectivity index (χ4v) is 2.75. The number of nitrogens with zero attached hydrogens (tertiary/aromatic N) is 1. The molecule has 0 aliphatic carbocycles. The van der Waals surface area contributed by atoms with Crippen molar-refractivity contribution in [3.05, 3.63) is 41.6 Å². The predicted octanol–water partition coefficient (Wildman–Crippen LogP) is 1.51. The third-order valence-electron chi connectivity index (χ3n) is 4.25. The fraction of sp³-hybridized carbons (Fsp3) is 0.412. The maximum absolute atomic E-state index is 12.3. The van der Waals surface area contributed by atoms with Gasteiger partial charge in [0.2, 0.25) is 0 Å². The molecule has 2 aromatic rings. The lowest BCUT2D eigenvalue weighted by atomic mass is 10.0. The zero-order valence-electron chi connectivity index (χ0n) is 13.6. The van der Waals surface area contributed by atoms with Gasteiger partial charge in [-0.1, -0.05) is 31.2 Å². The monoisotopic (exact) mass is 350 g/mol. The molecule has 1 amide bonds. The van der Waals surface area contributed by atoms with E-state index in [1.54, 1.807) is 6.07 Å². The van der Waals surface area contributed by atoms with Crippen molar-refractivity contribution < 1.29 is 9.90 Å². The zero-order chi connectivity index (χ0) is 16.2. The standard InChI is InChI=1S/C17H22N4O2.ClH/c1-2-11-3-5-12(6-4-11)14-9-15(21-20-14)17(23)19-13-7-8-18-10-16(13)22;/h3-6,9,13,16,18,22H,2,7-8,10H2,1H3,(H,19,23)(H,20,21);1H/t13-,16-;/m1./s1. The first-order valence-electron chi connectivity index (χ1n) is 8.01. The van der Waals surface area contributed by atoms with Gasteiger partial charge in [0.1, 0.15) is 5.69 Å². The second kappa shape index (κ2) is 8.28. The summed E-state index contributed by atoms with van der Waals surface area (Å²) >= 11 is 0. The van der Waals surface area contributed by atoms with Crippen LogP contribution in [-0.2, 0) is 6.42 Å². The number of H-pyrrole nitrogens is 1. The van der Waals surface area contributed by atoms with E-state index in [0.717, 1.165) is 24.2 Å². The van der Waals surface area contributed by atoms with E-state index >= 15 is 0 Å². The van der Waals surface area contributed by atoms with Crippen LogP contribution in [0.25, 0.3) is 11.3 Å². The average molecular weight is 351 g/mol. The predicted molar refractivity (Wildman–Crippen MR) is 95.4 cm³/mol. The molecule has 6 nitrogen and oxygen atoms in total. The van der Waals surface area contributed by atoms with Crippen LogP contribution < -0.4 is 10.6 Å². The summed E-state index contributed by atoms with van der Waals surface area (Å²) in [6.07, 6.45) is 1.15. The van der Waals surface area contributed by atoms with Gasteiger partial charge in [0, 0.05) is 12.1 Å². The summed E-state index contributed by atoms with van der Waals surface area (Å²) in [7, 11) is 0. The molecule has 1 saturated heterocycles. The molecule has 1 aromatic carbocycles. The minimum Gasteiger partial charge on any atom is -0.390 e. The van der Waals surface area contributed by atoms with Crippen LogP contribution in [0.3, 0.4) is 0 Å². The molecule has 7 heteroatoms. The summed E-state index contributed by atoms with van der Waals surface area (Å²) in [5.74, 6) is -0.236. The minimum absolute atomic E-state index is 0. The van der Waals surface area contributed by atoms with Crippen LogP contribution in [0.4, 0.5) is 0 Å². The second-order valence-electron chi connectivity index (χ2n) is 5.86. The number of amides is 1. The summed E-state index contributed by atoms with van der Waals surface area (Å²) in [6.45, 7) is 3.41. The van der Waals surface area contributed by atoms with E-state index < -0.39 is 6.10 Å². The molecule has 3 rings (SSSR count). The quantitative estimate of drug-likeness (QED) is 0.673.